The number of rotatable bonds is 5. The molecule has 0 atom stereocenters. The van der Waals surface area contributed by atoms with Crippen molar-refractivity contribution in [1.29, 1.82) is 0 Å². The lowest BCUT2D eigenvalue weighted by molar-refractivity contribution is 0.670. The van der Waals surface area contributed by atoms with Crippen LogP contribution in [0, 0.1) is 0 Å². The van der Waals surface area contributed by atoms with E-state index in [4.69, 9.17) is 24.4 Å². The summed E-state index contributed by atoms with van der Waals surface area (Å²) < 4.78 is 7.76. The molecule has 0 bridgehead atoms. The summed E-state index contributed by atoms with van der Waals surface area (Å²) in [6, 6.07) is 58.7. The van der Waals surface area contributed by atoms with Crippen LogP contribution in [0.25, 0.3) is 110 Å². The van der Waals surface area contributed by atoms with Gasteiger partial charge in [-0.15, -0.1) is 11.3 Å². The fourth-order valence-electron chi connectivity index (χ4n) is 7.50. The molecule has 0 fully saturated rings. The molecule has 54 heavy (non-hydrogen) atoms. The zero-order valence-electron chi connectivity index (χ0n) is 28.8. The van der Waals surface area contributed by atoms with Gasteiger partial charge in [0.05, 0.1) is 15.8 Å². The van der Waals surface area contributed by atoms with Gasteiger partial charge in [-0.05, 0) is 63.0 Å². The number of furan rings is 1. The highest BCUT2D eigenvalue weighted by atomic mass is 32.1. The Kier molecular flexibility index (Phi) is 6.97. The number of nitrogens with zero attached hydrogens (tertiary/aromatic N) is 4. The summed E-state index contributed by atoms with van der Waals surface area (Å²) in [4.78, 5) is 21.2. The van der Waals surface area contributed by atoms with Crippen molar-refractivity contribution in [3.05, 3.63) is 170 Å². The summed E-state index contributed by atoms with van der Waals surface area (Å²) in [6.07, 6.45) is 0. The van der Waals surface area contributed by atoms with Gasteiger partial charge < -0.3 is 4.42 Å². The molecular weight excluding hydrogens is 681 g/mol. The molecule has 0 N–H and O–H groups in total. The zero-order valence-corrected chi connectivity index (χ0v) is 29.6. The maximum atomic E-state index is 6.72. The largest absolute Gasteiger partial charge is 0.455 e. The number of fused-ring (bicyclic) bond motifs is 6. The van der Waals surface area contributed by atoms with E-state index in [0.29, 0.717) is 23.1 Å². The molecule has 0 radical (unpaired) electrons. The molecule has 5 nitrogen and oxygen atoms in total. The first-order chi connectivity index (χ1) is 26.7. The predicted molar refractivity (Wildman–Crippen MR) is 222 cm³/mol. The van der Waals surface area contributed by atoms with Gasteiger partial charge in [-0.1, -0.05) is 140 Å². The third-order valence-corrected chi connectivity index (χ3v) is 11.2. The van der Waals surface area contributed by atoms with Gasteiger partial charge in [0, 0.05) is 27.5 Å². The number of hydrogen-bond acceptors (Lipinski definition) is 6. The first-order valence-electron chi connectivity index (χ1n) is 17.9. The Morgan fingerprint density at radius 1 is 0.407 bits per heavy atom. The van der Waals surface area contributed by atoms with Crippen molar-refractivity contribution >= 4 is 65.0 Å². The highest BCUT2D eigenvalue weighted by molar-refractivity contribution is 7.21. The monoisotopic (exact) mass is 708 g/mol. The van der Waals surface area contributed by atoms with Gasteiger partial charge in [-0.2, -0.15) is 0 Å². The Bertz CT molecular complexity index is 3220. The number of thiazole rings is 1. The van der Waals surface area contributed by atoms with E-state index in [2.05, 4.69) is 115 Å². The average molecular weight is 709 g/mol. The molecule has 6 heteroatoms. The number of hydrogen-bond donors (Lipinski definition) is 0. The number of benzene rings is 8. The fraction of sp³-hybridized carbons (Fsp3) is 0. The molecule has 3 heterocycles. The first-order valence-corrected chi connectivity index (χ1v) is 18.7. The van der Waals surface area contributed by atoms with E-state index >= 15 is 0 Å². The molecule has 3 aromatic heterocycles. The van der Waals surface area contributed by atoms with E-state index < -0.39 is 0 Å². The highest BCUT2D eigenvalue weighted by Gasteiger charge is 2.24. The standard InChI is InChI=1S/C48H28N4OS/c1-3-14-30(15-4-1)37-26-33-19-9-10-20-34(33)27-39(37)46-50-45(31-16-5-2-6-17-31)51-47(52-46)42-43-41(28-38-36-21-11-12-22-40(36)53-44(38)42)54-48(49-43)35-24-23-29-13-7-8-18-32(29)25-35/h1-28H. The lowest BCUT2D eigenvalue weighted by Gasteiger charge is -2.14. The van der Waals surface area contributed by atoms with Crippen LogP contribution in [0.1, 0.15) is 0 Å². The average Bonchev–Trinajstić information content (AvgIpc) is 3.84. The van der Waals surface area contributed by atoms with Crippen molar-refractivity contribution in [1.82, 2.24) is 19.9 Å². The van der Waals surface area contributed by atoms with Gasteiger partial charge in [0.15, 0.2) is 17.5 Å². The highest BCUT2D eigenvalue weighted by Crippen LogP contribution is 2.44. The number of aromatic nitrogens is 4. The first kappa shape index (κ1) is 30.6. The van der Waals surface area contributed by atoms with Crippen LogP contribution in [0.2, 0.25) is 0 Å². The normalized spacial score (nSPS) is 11.7. The van der Waals surface area contributed by atoms with E-state index in [0.717, 1.165) is 75.7 Å². The van der Waals surface area contributed by atoms with Gasteiger partial charge in [0.25, 0.3) is 0 Å². The Morgan fingerprint density at radius 3 is 1.80 bits per heavy atom. The minimum Gasteiger partial charge on any atom is -0.455 e. The summed E-state index contributed by atoms with van der Waals surface area (Å²) in [5.41, 5.74) is 8.07. The predicted octanol–water partition coefficient (Wildman–Crippen LogP) is 13.0. The second kappa shape index (κ2) is 12.3. The van der Waals surface area contributed by atoms with E-state index in [9.17, 15) is 0 Å². The van der Waals surface area contributed by atoms with Crippen molar-refractivity contribution in [2.75, 3.05) is 0 Å². The lowest BCUT2D eigenvalue weighted by atomic mass is 9.95. The van der Waals surface area contributed by atoms with Crippen LogP contribution < -0.4 is 0 Å². The molecule has 0 aliphatic carbocycles. The molecule has 0 saturated heterocycles. The Morgan fingerprint density at radius 2 is 1.02 bits per heavy atom. The van der Waals surface area contributed by atoms with E-state index in [-0.39, 0.29) is 0 Å². The van der Waals surface area contributed by atoms with Gasteiger partial charge in [-0.25, -0.2) is 19.9 Å². The van der Waals surface area contributed by atoms with E-state index in [1.807, 2.05) is 54.6 Å². The Hall–Kier alpha value is -7.02. The second-order valence-corrected chi connectivity index (χ2v) is 14.5. The summed E-state index contributed by atoms with van der Waals surface area (Å²) >= 11 is 1.67. The molecule has 8 aromatic carbocycles. The van der Waals surface area contributed by atoms with Crippen LogP contribution in [0.3, 0.4) is 0 Å². The van der Waals surface area contributed by atoms with Crippen LogP contribution >= 0.6 is 11.3 Å². The maximum absolute atomic E-state index is 6.72. The number of para-hydroxylation sites is 1. The maximum Gasteiger partial charge on any atom is 0.170 e. The van der Waals surface area contributed by atoms with E-state index in [1.165, 1.54) is 10.8 Å². The molecular formula is C48H28N4OS. The van der Waals surface area contributed by atoms with Gasteiger partial charge in [-0.3, -0.25) is 0 Å². The van der Waals surface area contributed by atoms with Crippen molar-refractivity contribution < 1.29 is 4.42 Å². The molecule has 11 aromatic rings. The van der Waals surface area contributed by atoms with Crippen LogP contribution in [0.4, 0.5) is 0 Å². The van der Waals surface area contributed by atoms with Crippen molar-refractivity contribution in [3.8, 4) is 55.9 Å². The summed E-state index contributed by atoms with van der Waals surface area (Å²) in [6.45, 7) is 0. The Balaban J connectivity index is 1.23. The minimum absolute atomic E-state index is 0.510. The fourth-order valence-corrected chi connectivity index (χ4v) is 8.51. The summed E-state index contributed by atoms with van der Waals surface area (Å²) in [5, 5.41) is 7.59. The lowest BCUT2D eigenvalue weighted by Crippen LogP contribution is -2.02. The van der Waals surface area contributed by atoms with Crippen LogP contribution in [-0.4, -0.2) is 19.9 Å². The van der Waals surface area contributed by atoms with Gasteiger partial charge in [0.1, 0.15) is 16.2 Å². The Labute approximate surface area is 313 Å². The van der Waals surface area contributed by atoms with Gasteiger partial charge in [0.2, 0.25) is 0 Å². The molecule has 0 aliphatic heterocycles. The molecule has 252 valence electrons. The molecule has 0 aliphatic rings. The molecule has 0 amide bonds. The molecule has 11 rings (SSSR count). The molecule has 0 spiro atoms. The quantitative estimate of drug-likeness (QED) is 0.178. The van der Waals surface area contributed by atoms with Crippen LogP contribution in [-0.2, 0) is 0 Å². The zero-order chi connectivity index (χ0) is 35.6. The summed E-state index contributed by atoms with van der Waals surface area (Å²) in [5.74, 6) is 1.67. The topological polar surface area (TPSA) is 64.7 Å². The van der Waals surface area contributed by atoms with Crippen LogP contribution in [0.5, 0.6) is 0 Å². The van der Waals surface area contributed by atoms with E-state index in [1.54, 1.807) is 11.3 Å². The molecule has 0 saturated carbocycles. The van der Waals surface area contributed by atoms with Crippen molar-refractivity contribution in [3.63, 3.8) is 0 Å². The third kappa shape index (κ3) is 5.07. The van der Waals surface area contributed by atoms with Crippen LogP contribution in [0.15, 0.2) is 174 Å². The minimum atomic E-state index is 0.510. The third-order valence-electron chi connectivity index (χ3n) is 10.1. The molecule has 0 unspecified atom stereocenters. The smallest absolute Gasteiger partial charge is 0.170 e. The summed E-state index contributed by atoms with van der Waals surface area (Å²) in [7, 11) is 0. The SMILES string of the molecule is c1ccc(-c2nc(-c3cc4ccccc4cc3-c3ccccc3)nc(-c3c4nc(-c5ccc6ccccc6c5)sc4cc4c3oc3ccccc34)n2)cc1. The van der Waals surface area contributed by atoms with Crippen molar-refractivity contribution in [2.45, 2.75) is 0 Å². The van der Waals surface area contributed by atoms with Crippen molar-refractivity contribution in [2.24, 2.45) is 0 Å². The van der Waals surface area contributed by atoms with Gasteiger partial charge >= 0.3 is 0 Å². The second-order valence-electron chi connectivity index (χ2n) is 13.4.